The lowest BCUT2D eigenvalue weighted by Gasteiger charge is -2.18. The fraction of sp³-hybridized carbons (Fsp3) is 0.250. The second-order valence-corrected chi connectivity index (χ2v) is 8.15. The third-order valence-corrected chi connectivity index (χ3v) is 4.68. The SMILES string of the molecule is C=C(C)C(=O)OCC(COC(=O)C(=C)C)COc1ccc(-c2ccc(OC(=O)C(=C)C)cc2)cc1. The summed E-state index contributed by atoms with van der Waals surface area (Å²) in [5.41, 5.74) is 2.76. The molecule has 184 valence electrons. The molecule has 7 nitrogen and oxygen atoms in total. The highest BCUT2D eigenvalue weighted by Gasteiger charge is 2.17. The first-order valence-electron chi connectivity index (χ1n) is 10.9. The normalized spacial score (nSPS) is 10.3. The Labute approximate surface area is 205 Å². The van der Waals surface area contributed by atoms with E-state index in [1.54, 1.807) is 45.0 Å². The fourth-order valence-corrected chi connectivity index (χ4v) is 2.65. The molecule has 7 heteroatoms. The highest BCUT2D eigenvalue weighted by atomic mass is 16.6. The molecule has 0 bridgehead atoms. The first-order chi connectivity index (χ1) is 16.6. The zero-order chi connectivity index (χ0) is 26.0. The number of rotatable bonds is 12. The summed E-state index contributed by atoms with van der Waals surface area (Å²) < 4.78 is 21.4. The van der Waals surface area contributed by atoms with Crippen LogP contribution in [0.25, 0.3) is 11.1 Å². The zero-order valence-electron chi connectivity index (χ0n) is 20.3. The molecule has 0 amide bonds. The molecule has 0 aliphatic heterocycles. The minimum Gasteiger partial charge on any atom is -0.493 e. The number of hydrogen-bond donors (Lipinski definition) is 0. The Balaban J connectivity index is 1.98. The van der Waals surface area contributed by atoms with Gasteiger partial charge in [-0.05, 0) is 56.2 Å². The van der Waals surface area contributed by atoms with E-state index in [0.29, 0.717) is 17.1 Å². The molecule has 0 N–H and O–H groups in total. The van der Waals surface area contributed by atoms with E-state index in [0.717, 1.165) is 11.1 Å². The van der Waals surface area contributed by atoms with Crippen molar-refractivity contribution in [3.05, 3.63) is 85.0 Å². The van der Waals surface area contributed by atoms with E-state index in [-0.39, 0.29) is 36.9 Å². The summed E-state index contributed by atoms with van der Waals surface area (Å²) in [6, 6.07) is 14.5. The second kappa shape index (κ2) is 12.9. The van der Waals surface area contributed by atoms with Crippen LogP contribution in [0.15, 0.2) is 85.0 Å². The number of carbonyl (C=O) groups is 3. The van der Waals surface area contributed by atoms with Crippen LogP contribution >= 0.6 is 0 Å². The van der Waals surface area contributed by atoms with Crippen LogP contribution in [0.2, 0.25) is 0 Å². The number of ether oxygens (including phenoxy) is 4. The first-order valence-corrected chi connectivity index (χ1v) is 10.9. The summed E-state index contributed by atoms with van der Waals surface area (Å²) >= 11 is 0. The van der Waals surface area contributed by atoms with Gasteiger partial charge < -0.3 is 18.9 Å². The molecule has 35 heavy (non-hydrogen) atoms. The molecule has 0 aromatic heterocycles. The molecule has 0 spiro atoms. The van der Waals surface area contributed by atoms with Crippen molar-refractivity contribution in [2.24, 2.45) is 5.92 Å². The summed E-state index contributed by atoms with van der Waals surface area (Å²) in [5.74, 6) is -0.857. The van der Waals surface area contributed by atoms with E-state index >= 15 is 0 Å². The Kier molecular flexibility index (Phi) is 10.0. The minimum absolute atomic E-state index is 0.00947. The summed E-state index contributed by atoms with van der Waals surface area (Å²) in [6.45, 7) is 15.5. The summed E-state index contributed by atoms with van der Waals surface area (Å²) in [4.78, 5) is 35.1. The van der Waals surface area contributed by atoms with Gasteiger partial charge in [0.15, 0.2) is 0 Å². The van der Waals surface area contributed by atoms with E-state index in [1.807, 2.05) is 24.3 Å². The molecule has 0 aliphatic rings. The van der Waals surface area contributed by atoms with Crippen LogP contribution in [0.4, 0.5) is 0 Å². The van der Waals surface area contributed by atoms with Gasteiger partial charge in [-0.1, -0.05) is 44.0 Å². The third-order valence-electron chi connectivity index (χ3n) is 4.68. The van der Waals surface area contributed by atoms with Crippen LogP contribution in [0.1, 0.15) is 20.8 Å². The van der Waals surface area contributed by atoms with Crippen molar-refractivity contribution in [3.63, 3.8) is 0 Å². The van der Waals surface area contributed by atoms with Crippen molar-refractivity contribution in [1.29, 1.82) is 0 Å². The number of hydrogen-bond acceptors (Lipinski definition) is 7. The van der Waals surface area contributed by atoms with Gasteiger partial charge in [0.2, 0.25) is 0 Å². The molecule has 2 aromatic rings. The monoisotopic (exact) mass is 478 g/mol. The zero-order valence-corrected chi connectivity index (χ0v) is 20.3. The van der Waals surface area contributed by atoms with E-state index in [1.165, 1.54) is 0 Å². The van der Waals surface area contributed by atoms with Gasteiger partial charge in [-0.3, -0.25) is 0 Å². The van der Waals surface area contributed by atoms with Crippen LogP contribution < -0.4 is 9.47 Å². The van der Waals surface area contributed by atoms with Crippen molar-refractivity contribution >= 4 is 17.9 Å². The van der Waals surface area contributed by atoms with Gasteiger partial charge in [0.25, 0.3) is 0 Å². The number of carbonyl (C=O) groups excluding carboxylic acids is 3. The lowest BCUT2D eigenvalue weighted by atomic mass is 10.1. The third kappa shape index (κ3) is 8.97. The molecule has 0 atom stereocenters. The second-order valence-electron chi connectivity index (χ2n) is 8.15. The predicted octanol–water partition coefficient (Wildman–Crippen LogP) is 5.07. The van der Waals surface area contributed by atoms with E-state index in [4.69, 9.17) is 18.9 Å². The highest BCUT2D eigenvalue weighted by molar-refractivity contribution is 5.89. The van der Waals surface area contributed by atoms with Gasteiger partial charge in [-0.15, -0.1) is 0 Å². The van der Waals surface area contributed by atoms with E-state index < -0.39 is 17.9 Å². The number of esters is 3. The maximum atomic E-state index is 11.7. The largest absolute Gasteiger partial charge is 0.493 e. The van der Waals surface area contributed by atoms with Crippen LogP contribution in [-0.4, -0.2) is 37.7 Å². The van der Waals surface area contributed by atoms with Gasteiger partial charge in [0.1, 0.15) is 24.7 Å². The Bertz CT molecular complexity index is 1070. The minimum atomic E-state index is -0.522. The van der Waals surface area contributed by atoms with Crippen molar-refractivity contribution in [1.82, 2.24) is 0 Å². The summed E-state index contributed by atoms with van der Waals surface area (Å²) in [7, 11) is 0. The topological polar surface area (TPSA) is 88.1 Å². The molecule has 0 radical (unpaired) electrons. The lowest BCUT2D eigenvalue weighted by molar-refractivity contribution is -0.144. The smallest absolute Gasteiger partial charge is 0.338 e. The molecule has 0 fully saturated rings. The van der Waals surface area contributed by atoms with Crippen LogP contribution in [0.5, 0.6) is 11.5 Å². The van der Waals surface area contributed by atoms with Gasteiger partial charge in [-0.25, -0.2) is 14.4 Å². The Morgan fingerprint density at radius 1 is 0.629 bits per heavy atom. The lowest BCUT2D eigenvalue weighted by Crippen LogP contribution is -2.26. The van der Waals surface area contributed by atoms with Gasteiger partial charge >= 0.3 is 17.9 Å². The first kappa shape index (κ1) is 27.1. The maximum absolute atomic E-state index is 11.7. The van der Waals surface area contributed by atoms with Gasteiger partial charge in [-0.2, -0.15) is 0 Å². The molecular formula is C28H30O7. The fourth-order valence-electron chi connectivity index (χ4n) is 2.65. The highest BCUT2D eigenvalue weighted by Crippen LogP contribution is 2.25. The van der Waals surface area contributed by atoms with Crippen LogP contribution in [-0.2, 0) is 23.9 Å². The number of benzene rings is 2. The Morgan fingerprint density at radius 2 is 1.03 bits per heavy atom. The Hall–Kier alpha value is -4.13. The van der Waals surface area contributed by atoms with E-state index in [2.05, 4.69) is 19.7 Å². The Morgan fingerprint density at radius 3 is 1.43 bits per heavy atom. The molecule has 0 heterocycles. The van der Waals surface area contributed by atoms with Gasteiger partial charge in [0, 0.05) is 16.7 Å². The summed E-state index contributed by atoms with van der Waals surface area (Å²) in [6.07, 6.45) is 0. The molecule has 0 saturated heterocycles. The average Bonchev–Trinajstić information content (AvgIpc) is 2.83. The molecule has 0 saturated carbocycles. The standard InChI is InChI=1S/C28H30O7/c1-18(2)26(29)33-16-21(17-34-27(30)19(3)4)15-32-24-11-7-22(8-12-24)23-9-13-25(14-10-23)35-28(31)20(5)6/h7-14,21H,1,3,5,15-17H2,2,4,6H3. The average molecular weight is 479 g/mol. The van der Waals surface area contributed by atoms with Crippen LogP contribution in [0.3, 0.4) is 0 Å². The van der Waals surface area contributed by atoms with Crippen LogP contribution in [0, 0.1) is 5.92 Å². The molecule has 0 aliphatic carbocycles. The van der Waals surface area contributed by atoms with Crippen molar-refractivity contribution in [2.75, 3.05) is 19.8 Å². The quantitative estimate of drug-likeness (QED) is 0.239. The molecule has 2 rings (SSSR count). The maximum Gasteiger partial charge on any atom is 0.338 e. The summed E-state index contributed by atoms with van der Waals surface area (Å²) in [5, 5.41) is 0. The van der Waals surface area contributed by atoms with E-state index in [9.17, 15) is 14.4 Å². The van der Waals surface area contributed by atoms with Crippen molar-refractivity contribution in [3.8, 4) is 22.6 Å². The van der Waals surface area contributed by atoms with Crippen molar-refractivity contribution in [2.45, 2.75) is 20.8 Å². The molecule has 0 unspecified atom stereocenters. The molecule has 2 aromatic carbocycles. The predicted molar refractivity (Wildman–Crippen MR) is 133 cm³/mol. The van der Waals surface area contributed by atoms with Gasteiger partial charge in [0.05, 0.1) is 12.5 Å². The van der Waals surface area contributed by atoms with Crippen molar-refractivity contribution < 1.29 is 33.3 Å². The molecular weight excluding hydrogens is 448 g/mol.